The van der Waals surface area contributed by atoms with Crippen LogP contribution in [0.4, 0.5) is 0 Å². The second-order valence-corrected chi connectivity index (χ2v) is 3.04. The molecule has 0 spiro atoms. The lowest BCUT2D eigenvalue weighted by atomic mass is 10.5. The molecule has 0 radical (unpaired) electrons. The van der Waals surface area contributed by atoms with Gasteiger partial charge in [0.05, 0.1) is 6.61 Å². The largest absolute Gasteiger partial charge is 0.395 e. The third kappa shape index (κ3) is 2.78. The molecular formula is C7H9NO2S. The molecule has 0 aliphatic heterocycles. The van der Waals surface area contributed by atoms with Crippen molar-refractivity contribution >= 4 is 11.9 Å². The van der Waals surface area contributed by atoms with Crippen LogP contribution in [0.5, 0.6) is 0 Å². The van der Waals surface area contributed by atoms with Gasteiger partial charge in [-0.05, 0) is 11.9 Å². The van der Waals surface area contributed by atoms with Gasteiger partial charge in [0.1, 0.15) is 0 Å². The minimum absolute atomic E-state index is 0.00542. The van der Waals surface area contributed by atoms with Crippen molar-refractivity contribution in [1.82, 2.24) is 3.97 Å². The summed E-state index contributed by atoms with van der Waals surface area (Å²) in [6, 6.07) is 2.98. The molecule has 1 N–H and O–H groups in total. The predicted molar refractivity (Wildman–Crippen MR) is 45.6 cm³/mol. The average molecular weight is 171 g/mol. The van der Waals surface area contributed by atoms with E-state index in [4.69, 9.17) is 5.11 Å². The molecule has 0 bridgehead atoms. The highest BCUT2D eigenvalue weighted by Crippen LogP contribution is 2.01. The SMILES string of the molecule is O=c1ccn(SCCO)cc1. The Kier molecular flexibility index (Phi) is 3.19. The zero-order valence-electron chi connectivity index (χ0n) is 5.93. The highest BCUT2D eigenvalue weighted by atomic mass is 32.2. The minimum Gasteiger partial charge on any atom is -0.395 e. The summed E-state index contributed by atoms with van der Waals surface area (Å²) < 4.78 is 1.79. The van der Waals surface area contributed by atoms with Crippen molar-refractivity contribution < 1.29 is 5.11 Å². The monoisotopic (exact) mass is 171 g/mol. The van der Waals surface area contributed by atoms with Gasteiger partial charge in [-0.1, -0.05) is 0 Å². The lowest BCUT2D eigenvalue weighted by Gasteiger charge is -2.00. The van der Waals surface area contributed by atoms with E-state index in [0.29, 0.717) is 5.75 Å². The Morgan fingerprint density at radius 2 is 2.09 bits per heavy atom. The lowest BCUT2D eigenvalue weighted by Crippen LogP contribution is -2.00. The number of hydrogen-bond donors (Lipinski definition) is 1. The van der Waals surface area contributed by atoms with Crippen LogP contribution in [-0.2, 0) is 0 Å². The molecule has 0 saturated heterocycles. The molecule has 0 unspecified atom stereocenters. The van der Waals surface area contributed by atoms with Gasteiger partial charge in [0.15, 0.2) is 5.43 Å². The van der Waals surface area contributed by atoms with E-state index < -0.39 is 0 Å². The van der Waals surface area contributed by atoms with Gasteiger partial charge in [0.2, 0.25) is 0 Å². The van der Waals surface area contributed by atoms with Crippen molar-refractivity contribution in [1.29, 1.82) is 0 Å². The van der Waals surface area contributed by atoms with E-state index in [9.17, 15) is 4.79 Å². The zero-order valence-corrected chi connectivity index (χ0v) is 6.75. The fourth-order valence-electron chi connectivity index (χ4n) is 0.631. The Bertz CT molecular complexity index is 251. The lowest BCUT2D eigenvalue weighted by molar-refractivity contribution is 0.322. The number of aliphatic hydroxyl groups is 1. The number of aromatic nitrogens is 1. The summed E-state index contributed by atoms with van der Waals surface area (Å²) in [6.07, 6.45) is 3.37. The van der Waals surface area contributed by atoms with Crippen molar-refractivity contribution in [3.63, 3.8) is 0 Å². The third-order valence-electron chi connectivity index (χ3n) is 1.10. The minimum atomic E-state index is 0.00542. The molecule has 3 nitrogen and oxygen atoms in total. The molecule has 0 saturated carbocycles. The van der Waals surface area contributed by atoms with E-state index in [1.165, 1.54) is 24.1 Å². The number of nitrogens with zero attached hydrogens (tertiary/aromatic N) is 1. The van der Waals surface area contributed by atoms with Gasteiger partial charge in [0.25, 0.3) is 0 Å². The maximum absolute atomic E-state index is 10.6. The van der Waals surface area contributed by atoms with Crippen LogP contribution in [0.1, 0.15) is 0 Å². The van der Waals surface area contributed by atoms with Crippen LogP contribution in [-0.4, -0.2) is 21.4 Å². The van der Waals surface area contributed by atoms with Crippen LogP contribution < -0.4 is 5.43 Å². The number of aliphatic hydroxyl groups excluding tert-OH is 1. The van der Waals surface area contributed by atoms with Crippen LogP contribution in [0.2, 0.25) is 0 Å². The highest BCUT2D eigenvalue weighted by Gasteiger charge is 1.87. The zero-order chi connectivity index (χ0) is 8.10. The quantitative estimate of drug-likeness (QED) is 0.713. The Balaban J connectivity index is 2.59. The number of hydrogen-bond acceptors (Lipinski definition) is 3. The van der Waals surface area contributed by atoms with E-state index >= 15 is 0 Å². The molecule has 4 heteroatoms. The standard InChI is InChI=1S/C7H9NO2S/c9-5-6-11-8-3-1-7(10)2-4-8/h1-4,9H,5-6H2. The maximum Gasteiger partial charge on any atom is 0.181 e. The van der Waals surface area contributed by atoms with E-state index in [1.54, 1.807) is 16.4 Å². The van der Waals surface area contributed by atoms with Crippen molar-refractivity contribution in [2.75, 3.05) is 12.4 Å². The third-order valence-corrected chi connectivity index (χ3v) is 2.01. The van der Waals surface area contributed by atoms with E-state index in [0.717, 1.165) is 0 Å². The highest BCUT2D eigenvalue weighted by molar-refractivity contribution is 7.97. The number of rotatable bonds is 3. The van der Waals surface area contributed by atoms with Crippen LogP contribution in [0.15, 0.2) is 29.3 Å². The van der Waals surface area contributed by atoms with Crippen molar-refractivity contribution in [2.45, 2.75) is 0 Å². The summed E-state index contributed by atoms with van der Waals surface area (Å²) >= 11 is 1.46. The van der Waals surface area contributed by atoms with E-state index in [-0.39, 0.29) is 12.0 Å². The first-order valence-electron chi connectivity index (χ1n) is 3.25. The van der Waals surface area contributed by atoms with Gasteiger partial charge in [-0.25, -0.2) is 0 Å². The fraction of sp³-hybridized carbons (Fsp3) is 0.286. The smallest absolute Gasteiger partial charge is 0.181 e. The van der Waals surface area contributed by atoms with Crippen molar-refractivity contribution in [3.05, 3.63) is 34.7 Å². The Hall–Kier alpha value is -0.740. The molecule has 60 valence electrons. The Morgan fingerprint density at radius 1 is 1.45 bits per heavy atom. The summed E-state index contributed by atoms with van der Waals surface area (Å²) in [4.78, 5) is 10.6. The first kappa shape index (κ1) is 8.36. The molecule has 0 fully saturated rings. The summed E-state index contributed by atoms with van der Waals surface area (Å²) in [7, 11) is 0. The first-order valence-corrected chi connectivity index (χ1v) is 4.19. The molecule has 1 aromatic heterocycles. The predicted octanol–water partition coefficient (Wildman–Crippen LogP) is 0.337. The molecule has 0 atom stereocenters. The number of pyridine rings is 1. The maximum atomic E-state index is 10.6. The summed E-state index contributed by atoms with van der Waals surface area (Å²) in [5.74, 6) is 0.642. The Labute approximate surface area is 68.8 Å². The normalized spacial score (nSPS) is 9.91. The van der Waals surface area contributed by atoms with Crippen molar-refractivity contribution in [3.8, 4) is 0 Å². The van der Waals surface area contributed by atoms with Gasteiger partial charge < -0.3 is 5.11 Å². The van der Waals surface area contributed by atoms with Gasteiger partial charge >= 0.3 is 0 Å². The molecule has 1 heterocycles. The molecule has 11 heavy (non-hydrogen) atoms. The summed E-state index contributed by atoms with van der Waals surface area (Å²) in [5.41, 5.74) is 0.00542. The van der Waals surface area contributed by atoms with Crippen LogP contribution in [0, 0.1) is 0 Å². The summed E-state index contributed by atoms with van der Waals surface area (Å²) in [6.45, 7) is 0.150. The Morgan fingerprint density at radius 3 is 2.64 bits per heavy atom. The fourth-order valence-corrected chi connectivity index (χ4v) is 1.22. The first-order chi connectivity index (χ1) is 5.33. The van der Waals surface area contributed by atoms with Gasteiger partial charge in [-0.15, -0.1) is 0 Å². The van der Waals surface area contributed by atoms with Gasteiger partial charge in [-0.2, -0.15) is 0 Å². The molecule has 0 aromatic carbocycles. The second kappa shape index (κ2) is 4.20. The van der Waals surface area contributed by atoms with Gasteiger partial charge in [-0.3, -0.25) is 8.77 Å². The molecule has 0 aliphatic carbocycles. The average Bonchev–Trinajstić information content (AvgIpc) is 2.04. The van der Waals surface area contributed by atoms with Gasteiger partial charge in [0, 0.05) is 30.3 Å². The van der Waals surface area contributed by atoms with Crippen LogP contribution in [0.25, 0.3) is 0 Å². The van der Waals surface area contributed by atoms with E-state index in [1.807, 2.05) is 0 Å². The topological polar surface area (TPSA) is 42.2 Å². The van der Waals surface area contributed by atoms with Crippen LogP contribution in [0.3, 0.4) is 0 Å². The molecule has 0 amide bonds. The van der Waals surface area contributed by atoms with Crippen molar-refractivity contribution in [2.24, 2.45) is 0 Å². The van der Waals surface area contributed by atoms with E-state index in [2.05, 4.69) is 0 Å². The summed E-state index contributed by atoms with van der Waals surface area (Å²) in [5, 5.41) is 8.49. The molecule has 1 rings (SSSR count). The second-order valence-electron chi connectivity index (χ2n) is 1.95. The molecule has 0 aliphatic rings. The molecule has 1 aromatic rings. The molecular weight excluding hydrogens is 162 g/mol. The van der Waals surface area contributed by atoms with Crippen LogP contribution >= 0.6 is 11.9 Å².